The van der Waals surface area contributed by atoms with Crippen LogP contribution in [0.25, 0.3) is 0 Å². The number of likely N-dealkylation sites (tertiary alicyclic amines) is 1. The highest BCUT2D eigenvalue weighted by molar-refractivity contribution is 8.00. The molecule has 5 aliphatic heterocycles. The minimum Gasteiger partial charge on any atom is -0.380 e. The van der Waals surface area contributed by atoms with Crippen LogP contribution in [0.4, 0.5) is 13.2 Å². The number of piperidine rings is 3. The highest BCUT2D eigenvalue weighted by Gasteiger charge is 2.52. The third-order valence-corrected chi connectivity index (χ3v) is 12.0. The zero-order chi connectivity index (χ0) is 29.6. The van der Waals surface area contributed by atoms with Crippen LogP contribution in [0.5, 0.6) is 0 Å². The molecule has 5 rings (SSSR count). The first-order chi connectivity index (χ1) is 19.4. The van der Waals surface area contributed by atoms with Gasteiger partial charge in [-0.3, -0.25) is 20.2 Å². The van der Waals surface area contributed by atoms with Gasteiger partial charge in [0.1, 0.15) is 5.50 Å². The molecule has 0 aromatic heterocycles. The molecule has 9 nitrogen and oxygen atoms in total. The molecule has 234 valence electrons. The molecule has 5 N–H and O–H groups in total. The summed E-state index contributed by atoms with van der Waals surface area (Å²) in [6.45, 7) is 7.46. The van der Waals surface area contributed by atoms with Gasteiger partial charge in [-0.25, -0.2) is 0 Å². The number of hydrogen-bond acceptors (Lipinski definition) is 8. The number of ether oxygens (including phenoxy) is 1. The number of fused-ring (bicyclic) bond motifs is 1. The fourth-order valence-corrected chi connectivity index (χ4v) is 9.37. The van der Waals surface area contributed by atoms with E-state index in [4.69, 9.17) is 16.3 Å². The summed E-state index contributed by atoms with van der Waals surface area (Å²) in [5, 5.41) is 16.4. The van der Waals surface area contributed by atoms with E-state index >= 15 is 0 Å². The van der Waals surface area contributed by atoms with Crippen LogP contribution in [0, 0.1) is 35.5 Å². The molecule has 14 heteroatoms. The molecule has 41 heavy (non-hydrogen) atoms. The predicted molar refractivity (Wildman–Crippen MR) is 152 cm³/mol. The summed E-state index contributed by atoms with van der Waals surface area (Å²) in [5.41, 5.74) is -0.403. The lowest BCUT2D eigenvalue weighted by Crippen LogP contribution is -2.59. The lowest BCUT2D eigenvalue weighted by molar-refractivity contribution is -0.199. The van der Waals surface area contributed by atoms with E-state index in [1.807, 2.05) is 0 Å². The number of amides is 2. The van der Waals surface area contributed by atoms with E-state index in [1.54, 1.807) is 37.6 Å². The Kier molecular flexibility index (Phi) is 9.75. The normalized spacial score (nSPS) is 45.4. The van der Waals surface area contributed by atoms with Gasteiger partial charge in [-0.15, -0.1) is 23.4 Å². The molecule has 0 radical (unpaired) electrons. The summed E-state index contributed by atoms with van der Waals surface area (Å²) in [4.78, 5) is 28.7. The topological polar surface area (TPSA) is 107 Å². The molecule has 0 aromatic carbocycles. The van der Waals surface area contributed by atoms with E-state index < -0.39 is 30.0 Å². The van der Waals surface area contributed by atoms with Gasteiger partial charge < -0.3 is 25.6 Å². The Morgan fingerprint density at radius 3 is 2.44 bits per heavy atom. The number of thioether (sulfide) groups is 1. The molecule has 0 spiro atoms. The van der Waals surface area contributed by atoms with Crippen LogP contribution >= 0.6 is 23.4 Å². The average Bonchev–Trinajstić information content (AvgIpc) is 3.47. The second kappa shape index (κ2) is 12.6. The van der Waals surface area contributed by atoms with Crippen molar-refractivity contribution < 1.29 is 27.5 Å². The minimum atomic E-state index is -4.28. The van der Waals surface area contributed by atoms with Crippen molar-refractivity contribution in [3.8, 4) is 0 Å². The van der Waals surface area contributed by atoms with Gasteiger partial charge in [0, 0.05) is 57.2 Å². The number of halogens is 4. The molecule has 5 saturated heterocycles. The Hall–Kier alpha value is -0.830. The minimum absolute atomic E-state index is 0.000232. The molecule has 5 fully saturated rings. The summed E-state index contributed by atoms with van der Waals surface area (Å²) >= 11 is 8.07. The monoisotopic (exact) mass is 624 g/mol. The van der Waals surface area contributed by atoms with Gasteiger partial charge in [0.2, 0.25) is 11.8 Å². The standard InChI is InChI=1S/C27H44ClF3N6O3S/c1-12-5-15(16-6-22(28)33-9-20(16)40-4)17(7-32-12)24(38)36-26-35-19-10-37(11-21(19)41-26)25(39)23-14(3)13(2)18(8-34-23)27(29,30)31/h12-23,26,32-35H,5-11H2,1-4H3,(H,36,38). The lowest BCUT2D eigenvalue weighted by Gasteiger charge is -2.45. The summed E-state index contributed by atoms with van der Waals surface area (Å²) in [5.74, 6) is -2.55. The van der Waals surface area contributed by atoms with Crippen molar-refractivity contribution >= 4 is 35.2 Å². The van der Waals surface area contributed by atoms with Crippen LogP contribution in [0.2, 0.25) is 0 Å². The van der Waals surface area contributed by atoms with E-state index in [0.29, 0.717) is 32.2 Å². The quantitative estimate of drug-likeness (QED) is 0.232. The highest BCUT2D eigenvalue weighted by atomic mass is 35.5. The van der Waals surface area contributed by atoms with Gasteiger partial charge in [0.15, 0.2) is 0 Å². The van der Waals surface area contributed by atoms with E-state index in [9.17, 15) is 22.8 Å². The molecule has 0 saturated carbocycles. The number of rotatable bonds is 5. The molecule has 0 aliphatic carbocycles. The molecule has 13 atom stereocenters. The molecular formula is C27H44ClF3N6O3S. The summed E-state index contributed by atoms with van der Waals surface area (Å²) in [6.07, 6.45) is -2.66. The predicted octanol–water partition coefficient (Wildman–Crippen LogP) is 1.53. The molecule has 0 bridgehead atoms. The van der Waals surface area contributed by atoms with E-state index in [1.165, 1.54) is 0 Å². The number of nitrogens with zero attached hydrogens (tertiary/aromatic N) is 1. The number of carbonyl (C=O) groups is 2. The molecular weight excluding hydrogens is 581 g/mol. The number of methoxy groups -OCH3 is 1. The number of carbonyl (C=O) groups excluding carboxylic acids is 2. The maximum Gasteiger partial charge on any atom is 0.393 e. The fraction of sp³-hybridized carbons (Fsp3) is 0.926. The van der Waals surface area contributed by atoms with Gasteiger partial charge in [-0.1, -0.05) is 13.8 Å². The second-order valence-electron chi connectivity index (χ2n) is 12.7. The maximum atomic E-state index is 13.6. The van der Waals surface area contributed by atoms with Crippen molar-refractivity contribution in [2.75, 3.05) is 39.8 Å². The first-order valence-electron chi connectivity index (χ1n) is 14.8. The summed E-state index contributed by atoms with van der Waals surface area (Å²) < 4.78 is 45.9. The van der Waals surface area contributed by atoms with Gasteiger partial charge in [-0.2, -0.15) is 13.2 Å². The largest absolute Gasteiger partial charge is 0.393 e. The summed E-state index contributed by atoms with van der Waals surface area (Å²) in [7, 11) is 1.71. The van der Waals surface area contributed by atoms with Crippen LogP contribution in [0.15, 0.2) is 0 Å². The number of alkyl halides is 4. The van der Waals surface area contributed by atoms with E-state index in [-0.39, 0.29) is 64.5 Å². The van der Waals surface area contributed by atoms with Gasteiger partial charge in [-0.05, 0) is 43.4 Å². The maximum absolute atomic E-state index is 13.6. The lowest BCUT2D eigenvalue weighted by atomic mass is 9.70. The zero-order valence-electron chi connectivity index (χ0n) is 24.0. The van der Waals surface area contributed by atoms with Crippen LogP contribution in [0.1, 0.15) is 33.6 Å². The summed E-state index contributed by atoms with van der Waals surface area (Å²) in [6, 6.07) is -0.316. The number of nitrogens with one attached hydrogen (secondary N) is 5. The highest BCUT2D eigenvalue weighted by Crippen LogP contribution is 2.41. The van der Waals surface area contributed by atoms with Crippen molar-refractivity contribution in [2.24, 2.45) is 35.5 Å². The van der Waals surface area contributed by atoms with Crippen LogP contribution in [-0.4, -0.2) is 103 Å². The smallest absolute Gasteiger partial charge is 0.380 e. The Bertz CT molecular complexity index is 954. The molecule has 5 aliphatic rings. The molecule has 2 amide bonds. The molecule has 0 aromatic rings. The Morgan fingerprint density at radius 1 is 1.00 bits per heavy atom. The first-order valence-corrected chi connectivity index (χ1v) is 16.2. The van der Waals surface area contributed by atoms with Crippen molar-refractivity contribution in [2.45, 2.75) is 80.3 Å². The average molecular weight is 625 g/mol. The van der Waals surface area contributed by atoms with Crippen molar-refractivity contribution in [3.63, 3.8) is 0 Å². The van der Waals surface area contributed by atoms with Crippen LogP contribution in [-0.2, 0) is 14.3 Å². The fourth-order valence-electron chi connectivity index (χ4n) is 7.66. The SMILES string of the molecule is COC1CNC(Cl)CC1C1CC(C)NCC1C(=O)NC1NC2CN(C(=O)C3NCC(C(F)(F)F)C(C)C3C)CC2S1. The third kappa shape index (κ3) is 6.66. The second-order valence-corrected chi connectivity index (χ2v) is 14.6. The Labute approximate surface area is 249 Å². The molecule has 13 unspecified atom stereocenters. The molecule has 5 heterocycles. The van der Waals surface area contributed by atoms with Gasteiger partial charge >= 0.3 is 6.18 Å². The van der Waals surface area contributed by atoms with Crippen LogP contribution < -0.4 is 26.6 Å². The van der Waals surface area contributed by atoms with E-state index in [2.05, 4.69) is 33.5 Å². The van der Waals surface area contributed by atoms with Crippen molar-refractivity contribution in [3.05, 3.63) is 0 Å². The van der Waals surface area contributed by atoms with Gasteiger partial charge in [0.25, 0.3) is 0 Å². The third-order valence-electron chi connectivity index (χ3n) is 10.3. The Balaban J connectivity index is 1.15. The Morgan fingerprint density at radius 2 is 1.76 bits per heavy atom. The number of hydrogen-bond donors (Lipinski definition) is 5. The van der Waals surface area contributed by atoms with Crippen LogP contribution in [0.3, 0.4) is 0 Å². The van der Waals surface area contributed by atoms with Crippen molar-refractivity contribution in [1.82, 2.24) is 31.5 Å². The zero-order valence-corrected chi connectivity index (χ0v) is 25.6. The first kappa shape index (κ1) is 31.6. The van der Waals surface area contributed by atoms with Gasteiger partial charge in [0.05, 0.1) is 29.5 Å². The van der Waals surface area contributed by atoms with E-state index in [0.717, 1.165) is 12.8 Å². The van der Waals surface area contributed by atoms with Crippen molar-refractivity contribution in [1.29, 1.82) is 0 Å².